The minimum absolute atomic E-state index is 0.590. The van der Waals surface area contributed by atoms with E-state index in [0.29, 0.717) is 6.54 Å². The van der Waals surface area contributed by atoms with Crippen molar-refractivity contribution in [2.45, 2.75) is 6.54 Å². The van der Waals surface area contributed by atoms with Gasteiger partial charge in [-0.15, -0.1) is 0 Å². The summed E-state index contributed by atoms with van der Waals surface area (Å²) in [6.07, 6.45) is 3.69. The lowest BCUT2D eigenvalue weighted by atomic mass is 10.3. The number of imidazole rings is 2. The monoisotopic (exact) mass is 257 g/mol. The first kappa shape index (κ1) is 11.7. The number of methoxy groups -OCH3 is 1. The van der Waals surface area contributed by atoms with Crippen molar-refractivity contribution in [2.24, 2.45) is 5.73 Å². The van der Waals surface area contributed by atoms with Gasteiger partial charge in [-0.25, -0.2) is 9.97 Å². The van der Waals surface area contributed by atoms with E-state index in [-0.39, 0.29) is 0 Å². The molecule has 0 spiro atoms. The first-order chi connectivity index (χ1) is 9.30. The van der Waals surface area contributed by atoms with Crippen LogP contribution in [-0.4, -0.2) is 33.2 Å². The van der Waals surface area contributed by atoms with Gasteiger partial charge in [0.2, 0.25) is 0 Å². The number of aromatic amines is 1. The lowest BCUT2D eigenvalue weighted by molar-refractivity contribution is 0.415. The molecule has 0 unspecified atom stereocenters. The molecule has 0 saturated heterocycles. The predicted molar refractivity (Wildman–Crippen MR) is 72.9 cm³/mol. The molecule has 2 heterocycles. The Bertz CT molecular complexity index is 700. The van der Waals surface area contributed by atoms with Crippen LogP contribution in [0, 0.1) is 0 Å². The van der Waals surface area contributed by atoms with Crippen LogP contribution in [0.15, 0.2) is 30.7 Å². The van der Waals surface area contributed by atoms with Crippen LogP contribution in [0.25, 0.3) is 22.6 Å². The van der Waals surface area contributed by atoms with Crippen LogP contribution in [0.1, 0.15) is 0 Å². The molecule has 1 aromatic carbocycles. The molecule has 0 atom stereocenters. The van der Waals surface area contributed by atoms with Gasteiger partial charge in [0, 0.05) is 25.4 Å². The lowest BCUT2D eigenvalue weighted by Crippen LogP contribution is -2.07. The highest BCUT2D eigenvalue weighted by Crippen LogP contribution is 2.22. The number of nitrogens with two attached hydrogens (primary N) is 1. The topological polar surface area (TPSA) is 81.8 Å². The number of nitrogens with zero attached hydrogens (tertiary/aromatic N) is 3. The third-order valence-corrected chi connectivity index (χ3v) is 2.95. The van der Waals surface area contributed by atoms with Gasteiger partial charge in [-0.3, -0.25) is 0 Å². The largest absolute Gasteiger partial charge is 0.497 e. The predicted octanol–water partition coefficient (Wildman–Crippen LogP) is 1.39. The van der Waals surface area contributed by atoms with Crippen LogP contribution in [0.4, 0.5) is 0 Å². The second-order valence-electron chi connectivity index (χ2n) is 4.25. The number of benzene rings is 1. The first-order valence-electron chi connectivity index (χ1n) is 6.06. The van der Waals surface area contributed by atoms with Crippen molar-refractivity contribution in [1.29, 1.82) is 0 Å². The highest BCUT2D eigenvalue weighted by Gasteiger charge is 2.08. The summed E-state index contributed by atoms with van der Waals surface area (Å²) in [5.41, 5.74) is 8.15. The standard InChI is InChI=1S/C13H15N5O/c1-19-9-2-3-10-11(6-9)17-13(16-10)12-7-18(5-4-14)8-15-12/h2-3,6-8H,4-5,14H2,1H3,(H,16,17). The molecule has 0 aliphatic rings. The minimum Gasteiger partial charge on any atom is -0.497 e. The van der Waals surface area contributed by atoms with Crippen LogP contribution in [0.2, 0.25) is 0 Å². The Morgan fingerprint density at radius 3 is 3.11 bits per heavy atom. The Morgan fingerprint density at radius 1 is 1.42 bits per heavy atom. The van der Waals surface area contributed by atoms with E-state index >= 15 is 0 Å². The van der Waals surface area contributed by atoms with E-state index in [1.54, 1.807) is 13.4 Å². The molecule has 0 fully saturated rings. The Kier molecular flexibility index (Phi) is 2.92. The molecular formula is C13H15N5O. The number of hydrogen-bond acceptors (Lipinski definition) is 4. The third kappa shape index (κ3) is 2.17. The molecule has 6 heteroatoms. The van der Waals surface area contributed by atoms with Crippen molar-refractivity contribution >= 4 is 11.0 Å². The van der Waals surface area contributed by atoms with E-state index < -0.39 is 0 Å². The molecule has 0 bridgehead atoms. The molecule has 0 amide bonds. The molecular weight excluding hydrogens is 242 g/mol. The Morgan fingerprint density at radius 2 is 2.32 bits per heavy atom. The zero-order valence-electron chi connectivity index (χ0n) is 10.6. The van der Waals surface area contributed by atoms with E-state index in [4.69, 9.17) is 10.5 Å². The second kappa shape index (κ2) is 4.74. The van der Waals surface area contributed by atoms with Gasteiger partial charge < -0.3 is 20.0 Å². The Labute approximate surface area is 110 Å². The summed E-state index contributed by atoms with van der Waals surface area (Å²) in [5, 5.41) is 0. The zero-order chi connectivity index (χ0) is 13.2. The van der Waals surface area contributed by atoms with Gasteiger partial charge >= 0.3 is 0 Å². The number of rotatable bonds is 4. The van der Waals surface area contributed by atoms with Crippen molar-refractivity contribution < 1.29 is 4.74 Å². The maximum Gasteiger partial charge on any atom is 0.158 e. The molecule has 3 rings (SSSR count). The fourth-order valence-electron chi connectivity index (χ4n) is 1.99. The van der Waals surface area contributed by atoms with Gasteiger partial charge in [-0.05, 0) is 12.1 Å². The van der Waals surface area contributed by atoms with Crippen LogP contribution >= 0.6 is 0 Å². The van der Waals surface area contributed by atoms with Crippen LogP contribution in [0.5, 0.6) is 5.75 Å². The number of ether oxygens (including phenoxy) is 1. The van der Waals surface area contributed by atoms with E-state index in [0.717, 1.165) is 34.8 Å². The Hall–Kier alpha value is -2.34. The molecule has 2 aromatic heterocycles. The lowest BCUT2D eigenvalue weighted by Gasteiger charge is -1.96. The maximum atomic E-state index is 5.52. The summed E-state index contributed by atoms with van der Waals surface area (Å²) >= 11 is 0. The van der Waals surface area contributed by atoms with Gasteiger partial charge in [0.25, 0.3) is 0 Å². The van der Waals surface area contributed by atoms with Crippen LogP contribution in [-0.2, 0) is 6.54 Å². The summed E-state index contributed by atoms with van der Waals surface area (Å²) < 4.78 is 7.14. The Balaban J connectivity index is 1.99. The van der Waals surface area contributed by atoms with Gasteiger partial charge in [-0.2, -0.15) is 0 Å². The summed E-state index contributed by atoms with van der Waals surface area (Å²) in [5.74, 6) is 1.55. The van der Waals surface area contributed by atoms with Crippen molar-refractivity contribution in [3.8, 4) is 17.3 Å². The first-order valence-corrected chi connectivity index (χ1v) is 6.06. The molecule has 98 valence electrons. The summed E-state index contributed by atoms with van der Waals surface area (Å²) in [4.78, 5) is 12.1. The number of fused-ring (bicyclic) bond motifs is 1. The average Bonchev–Trinajstić information content (AvgIpc) is 3.03. The molecule has 3 aromatic rings. The van der Waals surface area contributed by atoms with E-state index in [1.807, 2.05) is 29.0 Å². The normalized spacial score (nSPS) is 11.1. The molecule has 3 N–H and O–H groups in total. The molecule has 0 radical (unpaired) electrons. The van der Waals surface area contributed by atoms with E-state index in [9.17, 15) is 0 Å². The number of H-pyrrole nitrogens is 1. The van der Waals surface area contributed by atoms with Crippen molar-refractivity contribution in [3.63, 3.8) is 0 Å². The number of hydrogen-bond donors (Lipinski definition) is 2. The number of aromatic nitrogens is 4. The molecule has 6 nitrogen and oxygen atoms in total. The zero-order valence-corrected chi connectivity index (χ0v) is 10.6. The fraction of sp³-hybridized carbons (Fsp3) is 0.231. The quantitative estimate of drug-likeness (QED) is 0.740. The van der Waals surface area contributed by atoms with E-state index in [1.165, 1.54) is 0 Å². The fourth-order valence-corrected chi connectivity index (χ4v) is 1.99. The summed E-state index contributed by atoms with van der Waals surface area (Å²) in [6, 6.07) is 5.73. The highest BCUT2D eigenvalue weighted by atomic mass is 16.5. The SMILES string of the molecule is COc1ccc2nc(-c3cn(CCN)cn3)[nH]c2c1. The molecule has 0 aliphatic heterocycles. The molecule has 0 aliphatic carbocycles. The summed E-state index contributed by atoms with van der Waals surface area (Å²) in [6.45, 7) is 1.34. The summed E-state index contributed by atoms with van der Waals surface area (Å²) in [7, 11) is 1.65. The van der Waals surface area contributed by atoms with Crippen LogP contribution < -0.4 is 10.5 Å². The number of nitrogens with one attached hydrogen (secondary N) is 1. The van der Waals surface area contributed by atoms with Crippen molar-refractivity contribution in [3.05, 3.63) is 30.7 Å². The molecule has 0 saturated carbocycles. The van der Waals surface area contributed by atoms with Gasteiger partial charge in [0.05, 0.1) is 24.5 Å². The average molecular weight is 257 g/mol. The minimum atomic E-state index is 0.590. The van der Waals surface area contributed by atoms with Gasteiger partial charge in [-0.1, -0.05) is 0 Å². The van der Waals surface area contributed by atoms with Gasteiger partial charge in [0.15, 0.2) is 5.82 Å². The third-order valence-electron chi connectivity index (χ3n) is 2.95. The van der Waals surface area contributed by atoms with Crippen molar-refractivity contribution in [1.82, 2.24) is 19.5 Å². The van der Waals surface area contributed by atoms with E-state index in [2.05, 4.69) is 15.0 Å². The maximum absolute atomic E-state index is 5.52. The molecule has 19 heavy (non-hydrogen) atoms. The smallest absolute Gasteiger partial charge is 0.158 e. The second-order valence-corrected chi connectivity index (χ2v) is 4.25. The van der Waals surface area contributed by atoms with Crippen LogP contribution in [0.3, 0.4) is 0 Å². The van der Waals surface area contributed by atoms with Crippen molar-refractivity contribution in [2.75, 3.05) is 13.7 Å². The van der Waals surface area contributed by atoms with Gasteiger partial charge in [0.1, 0.15) is 11.4 Å². The highest BCUT2D eigenvalue weighted by molar-refractivity contribution is 5.80.